The van der Waals surface area contributed by atoms with Gasteiger partial charge >= 0.3 is 0 Å². The van der Waals surface area contributed by atoms with Crippen molar-refractivity contribution < 1.29 is 22.7 Å². The van der Waals surface area contributed by atoms with Gasteiger partial charge in [0.05, 0.1) is 23.6 Å². The molecule has 0 unspecified atom stereocenters. The highest BCUT2D eigenvalue weighted by molar-refractivity contribution is 7.89. The number of hydrogen-bond acceptors (Lipinski definition) is 5. The Labute approximate surface area is 186 Å². The first kappa shape index (κ1) is 23.1. The van der Waals surface area contributed by atoms with Crippen LogP contribution in [-0.2, 0) is 26.0 Å². The third-order valence-electron chi connectivity index (χ3n) is 5.12. The number of fused-ring (bicyclic) bond motifs is 1. The highest BCUT2D eigenvalue weighted by Gasteiger charge is 2.31. The number of amides is 2. The monoisotopic (exact) mass is 465 g/mol. The van der Waals surface area contributed by atoms with E-state index in [4.69, 9.17) is 16.3 Å². The first-order valence-corrected chi connectivity index (χ1v) is 11.4. The number of sulfonamides is 1. The summed E-state index contributed by atoms with van der Waals surface area (Å²) in [5, 5.41) is 2.95. The van der Waals surface area contributed by atoms with E-state index >= 15 is 0 Å². The number of likely N-dealkylation sites (N-methyl/N-ethyl adjacent to an activating group) is 1. The molecule has 0 aliphatic carbocycles. The molecular weight excluding hydrogens is 442 g/mol. The molecule has 0 saturated heterocycles. The number of anilines is 2. The van der Waals surface area contributed by atoms with Crippen LogP contribution in [0.4, 0.5) is 11.4 Å². The van der Waals surface area contributed by atoms with Crippen LogP contribution >= 0.6 is 11.6 Å². The van der Waals surface area contributed by atoms with Gasteiger partial charge in [-0.05, 0) is 55.3 Å². The molecule has 0 spiro atoms. The van der Waals surface area contributed by atoms with E-state index in [2.05, 4.69) is 5.32 Å². The molecule has 2 amide bonds. The lowest BCUT2D eigenvalue weighted by atomic mass is 10.1. The zero-order valence-corrected chi connectivity index (χ0v) is 19.2. The second-order valence-corrected chi connectivity index (χ2v) is 9.84. The third kappa shape index (κ3) is 4.68. The molecule has 2 aromatic rings. The minimum atomic E-state index is -3.90. The van der Waals surface area contributed by atoms with E-state index < -0.39 is 15.9 Å². The lowest BCUT2D eigenvalue weighted by Gasteiger charge is -2.21. The van der Waals surface area contributed by atoms with Crippen LogP contribution in [-0.4, -0.2) is 51.3 Å². The third-order valence-corrected chi connectivity index (χ3v) is 7.21. The molecule has 1 atom stereocenters. The first-order valence-electron chi connectivity index (χ1n) is 9.57. The van der Waals surface area contributed by atoms with Gasteiger partial charge in [0.2, 0.25) is 21.8 Å². The molecule has 0 fully saturated rings. The Kier molecular flexibility index (Phi) is 6.59. The fourth-order valence-electron chi connectivity index (χ4n) is 3.66. The van der Waals surface area contributed by atoms with Crippen molar-refractivity contribution >= 4 is 44.8 Å². The SMILES string of the molecule is COc1ccc(NC(=O)CN(C)S(=O)(=O)c2ccc3c(c2)C[C@@H](C)N3C(C)=O)cc1Cl. The molecule has 2 aromatic carbocycles. The van der Waals surface area contributed by atoms with Crippen molar-refractivity contribution in [1.29, 1.82) is 0 Å². The minimum Gasteiger partial charge on any atom is -0.495 e. The Bertz CT molecular complexity index is 1140. The number of nitrogens with zero attached hydrogens (tertiary/aromatic N) is 2. The zero-order valence-electron chi connectivity index (χ0n) is 17.7. The maximum Gasteiger partial charge on any atom is 0.243 e. The molecule has 10 heteroatoms. The van der Waals surface area contributed by atoms with E-state index in [1.165, 1.54) is 33.2 Å². The van der Waals surface area contributed by atoms with Crippen molar-refractivity contribution in [2.75, 3.05) is 30.9 Å². The number of ether oxygens (including phenoxy) is 1. The molecule has 1 aliphatic rings. The first-order chi connectivity index (χ1) is 14.5. The minimum absolute atomic E-state index is 0.0368. The molecule has 166 valence electrons. The van der Waals surface area contributed by atoms with Crippen molar-refractivity contribution in [3.05, 3.63) is 47.0 Å². The Hall–Kier alpha value is -2.62. The van der Waals surface area contributed by atoms with Crippen molar-refractivity contribution in [2.24, 2.45) is 0 Å². The summed E-state index contributed by atoms with van der Waals surface area (Å²) in [6, 6.07) is 9.37. The summed E-state index contributed by atoms with van der Waals surface area (Å²) in [6.45, 7) is 3.02. The van der Waals surface area contributed by atoms with Crippen LogP contribution < -0.4 is 15.0 Å². The van der Waals surface area contributed by atoms with Crippen molar-refractivity contribution in [3.63, 3.8) is 0 Å². The fraction of sp³-hybridized carbons (Fsp3) is 0.333. The van der Waals surface area contributed by atoms with Crippen LogP contribution in [0, 0.1) is 0 Å². The summed E-state index contributed by atoms with van der Waals surface area (Å²) >= 11 is 6.05. The van der Waals surface area contributed by atoms with Crippen LogP contribution in [0.15, 0.2) is 41.3 Å². The van der Waals surface area contributed by atoms with E-state index in [-0.39, 0.29) is 23.4 Å². The number of hydrogen-bond donors (Lipinski definition) is 1. The lowest BCUT2D eigenvalue weighted by Crippen LogP contribution is -2.35. The number of rotatable bonds is 6. The second-order valence-electron chi connectivity index (χ2n) is 7.39. The van der Waals surface area contributed by atoms with Crippen LogP contribution in [0.25, 0.3) is 0 Å². The van der Waals surface area contributed by atoms with E-state index in [1.54, 1.807) is 29.2 Å². The van der Waals surface area contributed by atoms with Gasteiger partial charge in [0.15, 0.2) is 0 Å². The predicted octanol–water partition coefficient (Wildman–Crippen LogP) is 2.91. The topological polar surface area (TPSA) is 96.0 Å². The largest absolute Gasteiger partial charge is 0.495 e. The van der Waals surface area contributed by atoms with Crippen LogP contribution in [0.3, 0.4) is 0 Å². The van der Waals surface area contributed by atoms with Gasteiger partial charge in [0.1, 0.15) is 5.75 Å². The van der Waals surface area contributed by atoms with Gasteiger partial charge in [-0.15, -0.1) is 0 Å². The van der Waals surface area contributed by atoms with Gasteiger partial charge in [-0.2, -0.15) is 4.31 Å². The number of benzene rings is 2. The number of methoxy groups -OCH3 is 1. The van der Waals surface area contributed by atoms with Gasteiger partial charge in [-0.1, -0.05) is 11.6 Å². The maximum atomic E-state index is 13.0. The van der Waals surface area contributed by atoms with E-state index in [0.29, 0.717) is 22.9 Å². The van der Waals surface area contributed by atoms with Gasteiger partial charge < -0.3 is 15.0 Å². The van der Waals surface area contributed by atoms with E-state index in [9.17, 15) is 18.0 Å². The van der Waals surface area contributed by atoms with Gasteiger partial charge in [-0.3, -0.25) is 9.59 Å². The normalized spacial score (nSPS) is 15.7. The van der Waals surface area contributed by atoms with Gasteiger partial charge in [-0.25, -0.2) is 8.42 Å². The smallest absolute Gasteiger partial charge is 0.243 e. The number of halogens is 1. The molecule has 0 saturated carbocycles. The maximum absolute atomic E-state index is 13.0. The summed E-state index contributed by atoms with van der Waals surface area (Å²) in [7, 11) is -1.08. The highest BCUT2D eigenvalue weighted by atomic mass is 35.5. The van der Waals surface area contributed by atoms with Crippen LogP contribution in [0.1, 0.15) is 19.4 Å². The van der Waals surface area contributed by atoms with Gasteiger partial charge in [0, 0.05) is 31.4 Å². The zero-order chi connectivity index (χ0) is 22.9. The molecule has 0 bridgehead atoms. The van der Waals surface area contributed by atoms with Crippen LogP contribution in [0.2, 0.25) is 5.02 Å². The fourth-order valence-corrected chi connectivity index (χ4v) is 5.10. The standard InChI is InChI=1S/C21H24ClN3O5S/c1-13-9-15-10-17(6-7-19(15)25(13)14(2)26)31(28,29)24(3)12-21(27)23-16-5-8-20(30-4)18(22)11-16/h5-8,10-11,13H,9,12H2,1-4H3,(H,23,27)/t13-/m1/s1. The number of carbonyl (C=O) groups is 2. The van der Waals surface area contributed by atoms with Crippen LogP contribution in [0.5, 0.6) is 5.75 Å². The Morgan fingerprint density at radius 1 is 1.26 bits per heavy atom. The Morgan fingerprint density at radius 3 is 2.58 bits per heavy atom. The molecular formula is C21H24ClN3O5S. The molecule has 0 radical (unpaired) electrons. The molecule has 3 rings (SSSR count). The predicted molar refractivity (Wildman–Crippen MR) is 119 cm³/mol. The summed E-state index contributed by atoms with van der Waals surface area (Å²) in [5.41, 5.74) is 1.93. The van der Waals surface area contributed by atoms with Crippen molar-refractivity contribution in [1.82, 2.24) is 4.31 Å². The van der Waals surface area contributed by atoms with E-state index in [1.807, 2.05) is 6.92 Å². The average molecular weight is 466 g/mol. The molecule has 1 aliphatic heterocycles. The second kappa shape index (κ2) is 8.86. The Morgan fingerprint density at radius 2 is 1.97 bits per heavy atom. The molecule has 1 heterocycles. The van der Waals surface area contributed by atoms with Crippen molar-refractivity contribution in [3.8, 4) is 5.75 Å². The number of carbonyl (C=O) groups excluding carboxylic acids is 2. The summed E-state index contributed by atoms with van der Waals surface area (Å²) < 4.78 is 32.0. The van der Waals surface area contributed by atoms with Crippen molar-refractivity contribution in [2.45, 2.75) is 31.2 Å². The molecule has 1 N–H and O–H groups in total. The summed E-state index contributed by atoms with van der Waals surface area (Å²) in [4.78, 5) is 26.0. The number of nitrogens with one attached hydrogen (secondary N) is 1. The molecule has 0 aromatic heterocycles. The van der Waals surface area contributed by atoms with Gasteiger partial charge in [0.25, 0.3) is 0 Å². The van der Waals surface area contributed by atoms with E-state index in [0.717, 1.165) is 15.6 Å². The summed E-state index contributed by atoms with van der Waals surface area (Å²) in [5.74, 6) is -0.132. The summed E-state index contributed by atoms with van der Waals surface area (Å²) in [6.07, 6.45) is 0.570. The molecule has 8 nitrogen and oxygen atoms in total. The highest BCUT2D eigenvalue weighted by Crippen LogP contribution is 2.34. The lowest BCUT2D eigenvalue weighted by molar-refractivity contribution is -0.117. The molecule has 31 heavy (non-hydrogen) atoms. The average Bonchev–Trinajstić information content (AvgIpc) is 3.02. The quantitative estimate of drug-likeness (QED) is 0.707. The Balaban J connectivity index is 1.74.